The maximum absolute atomic E-state index is 13.6. The van der Waals surface area contributed by atoms with Gasteiger partial charge in [0.05, 0.1) is 18.5 Å². The lowest BCUT2D eigenvalue weighted by molar-refractivity contribution is 0.0937. The zero-order valence-electron chi connectivity index (χ0n) is 18.8. The number of aromatic nitrogens is 2. The first kappa shape index (κ1) is 22.3. The zero-order valence-corrected chi connectivity index (χ0v) is 18.8. The zero-order chi connectivity index (χ0) is 23.2. The van der Waals surface area contributed by atoms with E-state index in [0.29, 0.717) is 17.3 Å². The van der Waals surface area contributed by atoms with E-state index in [-0.39, 0.29) is 23.2 Å². The monoisotopic (exact) mass is 441 g/mol. The third-order valence-corrected chi connectivity index (χ3v) is 5.66. The molecule has 168 valence electrons. The van der Waals surface area contributed by atoms with Crippen molar-refractivity contribution in [2.45, 2.75) is 32.4 Å². The number of benzene rings is 3. The summed E-state index contributed by atoms with van der Waals surface area (Å²) in [5, 5.41) is 8.66. The Bertz CT molecular complexity index is 1300. The molecule has 0 saturated carbocycles. The van der Waals surface area contributed by atoms with Gasteiger partial charge in [0, 0.05) is 11.9 Å². The molecule has 0 bridgehead atoms. The summed E-state index contributed by atoms with van der Waals surface area (Å²) in [4.78, 5) is 26.5. The van der Waals surface area contributed by atoms with Crippen molar-refractivity contribution in [3.63, 3.8) is 0 Å². The van der Waals surface area contributed by atoms with Gasteiger partial charge in [-0.05, 0) is 35.7 Å². The second-order valence-corrected chi connectivity index (χ2v) is 7.87. The third kappa shape index (κ3) is 4.80. The number of hydrogen-bond acceptors (Lipinski definition) is 4. The van der Waals surface area contributed by atoms with Crippen molar-refractivity contribution in [3.8, 4) is 5.75 Å². The van der Waals surface area contributed by atoms with Gasteiger partial charge in [-0.25, -0.2) is 4.68 Å². The van der Waals surface area contributed by atoms with E-state index < -0.39 is 0 Å². The molecule has 4 rings (SSSR count). The topological polar surface area (TPSA) is 73.2 Å². The van der Waals surface area contributed by atoms with Crippen LogP contribution in [0, 0.1) is 0 Å². The summed E-state index contributed by atoms with van der Waals surface area (Å²) in [5.41, 5.74) is 1.93. The molecule has 1 N–H and O–H groups in total. The van der Waals surface area contributed by atoms with E-state index >= 15 is 0 Å². The van der Waals surface area contributed by atoms with Gasteiger partial charge in [0.2, 0.25) is 0 Å². The summed E-state index contributed by atoms with van der Waals surface area (Å²) in [7, 11) is 1.62. The highest BCUT2D eigenvalue weighted by atomic mass is 16.5. The Morgan fingerprint density at radius 3 is 2.24 bits per heavy atom. The molecule has 6 heteroatoms. The van der Waals surface area contributed by atoms with Gasteiger partial charge >= 0.3 is 0 Å². The molecule has 1 aromatic heterocycles. The van der Waals surface area contributed by atoms with Crippen LogP contribution < -0.4 is 15.6 Å². The van der Waals surface area contributed by atoms with Crippen molar-refractivity contribution < 1.29 is 9.53 Å². The fourth-order valence-corrected chi connectivity index (χ4v) is 3.86. The summed E-state index contributed by atoms with van der Waals surface area (Å²) in [6, 6.07) is 24.1. The van der Waals surface area contributed by atoms with Gasteiger partial charge in [0.25, 0.3) is 11.5 Å². The normalized spacial score (nSPS) is 11.8. The molecular formula is C27H27N3O3. The molecule has 33 heavy (non-hydrogen) atoms. The number of ether oxygens (including phenoxy) is 1. The predicted octanol–water partition coefficient (Wildman–Crippen LogP) is 4.72. The van der Waals surface area contributed by atoms with E-state index in [9.17, 15) is 9.59 Å². The molecule has 1 atom stereocenters. The molecule has 4 aromatic rings. The lowest BCUT2D eigenvalue weighted by atomic mass is 9.98. The molecule has 1 heterocycles. The molecule has 0 aliphatic rings. The van der Waals surface area contributed by atoms with E-state index in [4.69, 9.17) is 4.74 Å². The number of unbranched alkanes of at least 4 members (excludes halogenated alkanes) is 1. The first-order valence-corrected chi connectivity index (χ1v) is 11.1. The Morgan fingerprint density at radius 2 is 1.58 bits per heavy atom. The Hall–Kier alpha value is -3.93. The van der Waals surface area contributed by atoms with E-state index in [1.165, 1.54) is 4.68 Å². The molecule has 0 aliphatic heterocycles. The van der Waals surface area contributed by atoms with Gasteiger partial charge in [0.1, 0.15) is 5.75 Å². The highest BCUT2D eigenvalue weighted by Crippen LogP contribution is 2.25. The molecule has 1 amide bonds. The van der Waals surface area contributed by atoms with Gasteiger partial charge in [0.15, 0.2) is 5.69 Å². The summed E-state index contributed by atoms with van der Waals surface area (Å²) >= 11 is 0. The van der Waals surface area contributed by atoms with Crippen LogP contribution in [0.3, 0.4) is 0 Å². The highest BCUT2D eigenvalue weighted by molar-refractivity contribution is 6.05. The van der Waals surface area contributed by atoms with Crippen LogP contribution >= 0.6 is 0 Å². The molecule has 6 nitrogen and oxygen atoms in total. The standard InChI is InChI=1S/C27H27N3O3/c1-3-4-18-30-27(32)23-13-9-8-12-22(23)25(29-30)26(31)28-24(19-10-6-5-7-11-19)20-14-16-21(33-2)17-15-20/h5-17,24H,3-4,18H2,1-2H3,(H,28,31). The minimum absolute atomic E-state index is 0.176. The van der Waals surface area contributed by atoms with Crippen molar-refractivity contribution in [3.05, 3.63) is 106 Å². The molecule has 1 unspecified atom stereocenters. The molecular weight excluding hydrogens is 414 g/mol. The number of fused-ring (bicyclic) bond motifs is 1. The number of rotatable bonds is 8. The van der Waals surface area contributed by atoms with Crippen molar-refractivity contribution in [1.29, 1.82) is 0 Å². The maximum atomic E-state index is 13.6. The lowest BCUT2D eigenvalue weighted by Crippen LogP contribution is -2.33. The van der Waals surface area contributed by atoms with Crippen LogP contribution in [0.5, 0.6) is 5.75 Å². The second kappa shape index (κ2) is 10.1. The molecule has 0 radical (unpaired) electrons. The number of nitrogens with one attached hydrogen (secondary N) is 1. The molecule has 0 fully saturated rings. The van der Waals surface area contributed by atoms with Crippen LogP contribution in [0.15, 0.2) is 83.7 Å². The number of hydrogen-bond donors (Lipinski definition) is 1. The van der Waals surface area contributed by atoms with Crippen LogP contribution in [0.2, 0.25) is 0 Å². The number of amides is 1. The van der Waals surface area contributed by atoms with Gasteiger partial charge < -0.3 is 10.1 Å². The Labute approximate surface area is 192 Å². The molecule has 0 aliphatic carbocycles. The highest BCUT2D eigenvalue weighted by Gasteiger charge is 2.22. The van der Waals surface area contributed by atoms with Gasteiger partial charge in [-0.1, -0.05) is 74.0 Å². The fourth-order valence-electron chi connectivity index (χ4n) is 3.86. The Balaban J connectivity index is 1.76. The SMILES string of the molecule is CCCCn1nc(C(=O)NC(c2ccccc2)c2ccc(OC)cc2)c2ccccc2c1=O. The summed E-state index contributed by atoms with van der Waals surface area (Å²) in [5.74, 6) is 0.411. The van der Waals surface area contributed by atoms with Gasteiger partial charge in [-0.3, -0.25) is 9.59 Å². The Kier molecular flexibility index (Phi) is 6.83. The number of aryl methyl sites for hydroxylation is 1. The Morgan fingerprint density at radius 1 is 0.939 bits per heavy atom. The van der Waals surface area contributed by atoms with E-state index in [1.54, 1.807) is 25.3 Å². The number of carbonyl (C=O) groups excluding carboxylic acids is 1. The first-order chi connectivity index (χ1) is 16.1. The van der Waals surface area contributed by atoms with Crippen LogP contribution in [0.4, 0.5) is 0 Å². The second-order valence-electron chi connectivity index (χ2n) is 7.87. The summed E-state index contributed by atoms with van der Waals surface area (Å²) < 4.78 is 6.69. The third-order valence-electron chi connectivity index (χ3n) is 5.66. The van der Waals surface area contributed by atoms with Crippen LogP contribution in [-0.4, -0.2) is 22.8 Å². The average Bonchev–Trinajstić information content (AvgIpc) is 2.87. The van der Waals surface area contributed by atoms with Crippen molar-refractivity contribution in [2.24, 2.45) is 0 Å². The fraction of sp³-hybridized carbons (Fsp3) is 0.222. The van der Waals surface area contributed by atoms with Crippen LogP contribution in [-0.2, 0) is 6.54 Å². The van der Waals surface area contributed by atoms with Crippen molar-refractivity contribution in [1.82, 2.24) is 15.1 Å². The van der Waals surface area contributed by atoms with E-state index in [2.05, 4.69) is 17.3 Å². The number of methoxy groups -OCH3 is 1. The largest absolute Gasteiger partial charge is 0.497 e. The first-order valence-electron chi connectivity index (χ1n) is 11.1. The lowest BCUT2D eigenvalue weighted by Gasteiger charge is -2.21. The smallest absolute Gasteiger partial charge is 0.274 e. The summed E-state index contributed by atoms with van der Waals surface area (Å²) in [6.45, 7) is 2.53. The van der Waals surface area contributed by atoms with E-state index in [1.807, 2.05) is 60.7 Å². The maximum Gasteiger partial charge on any atom is 0.274 e. The molecule has 0 saturated heterocycles. The van der Waals surface area contributed by atoms with Crippen molar-refractivity contribution >= 4 is 16.7 Å². The number of nitrogens with zero attached hydrogens (tertiary/aromatic N) is 2. The quantitative estimate of drug-likeness (QED) is 0.429. The average molecular weight is 442 g/mol. The van der Waals surface area contributed by atoms with Gasteiger partial charge in [-0.2, -0.15) is 5.10 Å². The van der Waals surface area contributed by atoms with Crippen molar-refractivity contribution in [2.75, 3.05) is 7.11 Å². The van der Waals surface area contributed by atoms with E-state index in [0.717, 1.165) is 29.7 Å². The number of carbonyl (C=O) groups is 1. The summed E-state index contributed by atoms with van der Waals surface area (Å²) in [6.07, 6.45) is 1.74. The minimum atomic E-state index is -0.388. The molecule has 0 spiro atoms. The molecule has 3 aromatic carbocycles. The van der Waals surface area contributed by atoms with Gasteiger partial charge in [-0.15, -0.1) is 0 Å². The predicted molar refractivity (Wildman–Crippen MR) is 130 cm³/mol. The van der Waals surface area contributed by atoms with Crippen LogP contribution in [0.1, 0.15) is 47.4 Å². The minimum Gasteiger partial charge on any atom is -0.497 e. The van der Waals surface area contributed by atoms with Crippen LogP contribution in [0.25, 0.3) is 10.8 Å².